The van der Waals surface area contributed by atoms with Crippen molar-refractivity contribution in [3.63, 3.8) is 0 Å². The minimum Gasteiger partial charge on any atom is -0.465 e. The van der Waals surface area contributed by atoms with Crippen LogP contribution in [0.25, 0.3) is 0 Å². The molecule has 1 aromatic rings. The maximum Gasteiger partial charge on any atom is 0.339 e. The van der Waals surface area contributed by atoms with Crippen LogP contribution in [0.1, 0.15) is 62.9 Å². The van der Waals surface area contributed by atoms with Crippen molar-refractivity contribution < 1.29 is 27.6 Å². The monoisotopic (exact) mass is 447 g/mol. The molecule has 0 saturated carbocycles. The fourth-order valence-electron chi connectivity index (χ4n) is 3.53. The summed E-state index contributed by atoms with van der Waals surface area (Å²) >= 11 is 1.37. The summed E-state index contributed by atoms with van der Waals surface area (Å²) in [6.07, 6.45) is 0. The number of carbonyl (C=O) groups excluding carboxylic acids is 1. The first-order valence-electron chi connectivity index (χ1n) is 10.3. The lowest BCUT2D eigenvalue weighted by atomic mass is 10.0. The number of esters is 1. The summed E-state index contributed by atoms with van der Waals surface area (Å²) in [6.45, 7) is 13.6. The van der Waals surface area contributed by atoms with E-state index in [1.165, 1.54) is 11.8 Å². The van der Waals surface area contributed by atoms with E-state index in [1.807, 2.05) is 6.92 Å². The molecule has 2 heterocycles. The van der Waals surface area contributed by atoms with Crippen LogP contribution in [0.15, 0.2) is 4.42 Å². The molecule has 2 unspecified atom stereocenters. The van der Waals surface area contributed by atoms with Crippen LogP contribution in [0.4, 0.5) is 0 Å². The van der Waals surface area contributed by atoms with Crippen LogP contribution in [0.2, 0.25) is 0 Å². The van der Waals surface area contributed by atoms with E-state index in [9.17, 15) is 9.36 Å². The molecule has 0 bridgehead atoms. The first-order chi connectivity index (χ1) is 13.8. The van der Waals surface area contributed by atoms with Gasteiger partial charge in [0.1, 0.15) is 22.4 Å². The molecular formula is C20H34NO6PS. The largest absolute Gasteiger partial charge is 0.465 e. The van der Waals surface area contributed by atoms with Crippen LogP contribution in [-0.4, -0.2) is 37.6 Å². The minimum absolute atomic E-state index is 0.223. The van der Waals surface area contributed by atoms with E-state index in [4.69, 9.17) is 18.2 Å². The molecule has 2 rings (SSSR count). The van der Waals surface area contributed by atoms with Crippen molar-refractivity contribution in [1.29, 1.82) is 0 Å². The highest BCUT2D eigenvalue weighted by Gasteiger charge is 2.51. The number of aryl methyl sites for hydroxylation is 1. The van der Waals surface area contributed by atoms with Crippen molar-refractivity contribution in [2.45, 2.75) is 64.7 Å². The Morgan fingerprint density at radius 2 is 1.90 bits per heavy atom. The Morgan fingerprint density at radius 1 is 1.24 bits per heavy atom. The predicted octanol–water partition coefficient (Wildman–Crippen LogP) is 4.82. The third-order valence-corrected chi connectivity index (χ3v) is 8.56. The average molecular weight is 448 g/mol. The molecule has 0 spiro atoms. The number of nitrogens with one attached hydrogen (secondary N) is 1. The molecule has 1 N–H and O–H groups in total. The number of thioether (sulfide) groups is 1. The highest BCUT2D eigenvalue weighted by Crippen LogP contribution is 2.67. The standard InChI is InChI=1S/C20H34NO6PS/c1-7-24-20(22)19-18(28(23,25-8-2)26-9-3)17-15(11-21-10-13(4)5)14(6)27-16(17)12-29-19/h13,18-19,21H,7-12H2,1-6H3. The number of ether oxygens (including phenoxy) is 1. The second-order valence-electron chi connectivity index (χ2n) is 7.30. The van der Waals surface area contributed by atoms with Gasteiger partial charge in [-0.15, -0.1) is 11.8 Å². The van der Waals surface area contributed by atoms with Gasteiger partial charge >= 0.3 is 13.6 Å². The number of fused-ring (bicyclic) bond motifs is 1. The number of rotatable bonds is 11. The van der Waals surface area contributed by atoms with Crippen LogP contribution in [0.5, 0.6) is 0 Å². The minimum atomic E-state index is -3.64. The van der Waals surface area contributed by atoms with Gasteiger partial charge in [0.05, 0.1) is 25.6 Å². The van der Waals surface area contributed by atoms with Crippen LogP contribution < -0.4 is 5.32 Å². The third kappa shape index (κ3) is 5.67. The molecule has 0 radical (unpaired) electrons. The van der Waals surface area contributed by atoms with Crippen molar-refractivity contribution in [2.24, 2.45) is 5.92 Å². The average Bonchev–Trinajstić information content (AvgIpc) is 2.96. The molecule has 1 aromatic heterocycles. The van der Waals surface area contributed by atoms with E-state index >= 15 is 0 Å². The Balaban J connectivity index is 2.54. The Morgan fingerprint density at radius 3 is 2.45 bits per heavy atom. The summed E-state index contributed by atoms with van der Waals surface area (Å²) in [4.78, 5) is 12.8. The van der Waals surface area contributed by atoms with E-state index in [0.29, 0.717) is 18.2 Å². The van der Waals surface area contributed by atoms with Gasteiger partial charge in [-0.2, -0.15) is 0 Å². The Labute approximate surface area is 178 Å². The third-order valence-electron chi connectivity index (χ3n) is 4.64. The quantitative estimate of drug-likeness (QED) is 0.382. The molecule has 166 valence electrons. The van der Waals surface area contributed by atoms with Gasteiger partial charge in [0.2, 0.25) is 0 Å². The molecular weight excluding hydrogens is 413 g/mol. The van der Waals surface area contributed by atoms with Crippen molar-refractivity contribution in [2.75, 3.05) is 26.4 Å². The summed E-state index contributed by atoms with van der Waals surface area (Å²) in [5, 5.41) is 2.76. The molecule has 29 heavy (non-hydrogen) atoms. The maximum atomic E-state index is 13.9. The summed E-state index contributed by atoms with van der Waals surface area (Å²) in [7, 11) is -3.64. The van der Waals surface area contributed by atoms with Gasteiger partial charge in [-0.1, -0.05) is 13.8 Å². The molecule has 0 amide bonds. The number of hydrogen-bond acceptors (Lipinski definition) is 8. The topological polar surface area (TPSA) is 87.0 Å². The van der Waals surface area contributed by atoms with Crippen molar-refractivity contribution in [3.05, 3.63) is 22.6 Å². The number of hydrogen-bond donors (Lipinski definition) is 1. The van der Waals surface area contributed by atoms with Crippen molar-refractivity contribution in [3.8, 4) is 0 Å². The first kappa shape index (κ1) is 24.5. The summed E-state index contributed by atoms with van der Waals surface area (Å²) in [5.74, 6) is 2.11. The van der Waals surface area contributed by atoms with E-state index in [-0.39, 0.29) is 19.8 Å². The number of furan rings is 1. The molecule has 7 nitrogen and oxygen atoms in total. The molecule has 1 aliphatic heterocycles. The smallest absolute Gasteiger partial charge is 0.339 e. The van der Waals surface area contributed by atoms with Gasteiger partial charge in [0, 0.05) is 17.7 Å². The first-order valence-corrected chi connectivity index (χ1v) is 12.9. The Bertz CT molecular complexity index is 725. The van der Waals surface area contributed by atoms with Crippen LogP contribution >= 0.6 is 19.4 Å². The van der Waals surface area contributed by atoms with Gasteiger partial charge in [0.25, 0.3) is 0 Å². The van der Waals surface area contributed by atoms with Crippen LogP contribution in [0, 0.1) is 12.8 Å². The van der Waals surface area contributed by atoms with Gasteiger partial charge in [-0.05, 0) is 40.2 Å². The lowest BCUT2D eigenvalue weighted by molar-refractivity contribution is -0.142. The van der Waals surface area contributed by atoms with Gasteiger partial charge in [-0.3, -0.25) is 9.36 Å². The van der Waals surface area contributed by atoms with E-state index < -0.39 is 24.5 Å². The summed E-state index contributed by atoms with van der Waals surface area (Å²) < 4.78 is 36.5. The molecule has 0 aliphatic carbocycles. The fourth-order valence-corrected chi connectivity index (χ4v) is 7.48. The van der Waals surface area contributed by atoms with Gasteiger partial charge in [0.15, 0.2) is 0 Å². The zero-order valence-corrected chi connectivity index (χ0v) is 20.0. The van der Waals surface area contributed by atoms with Crippen LogP contribution in [0.3, 0.4) is 0 Å². The predicted molar refractivity (Wildman–Crippen MR) is 115 cm³/mol. The molecule has 0 fully saturated rings. The maximum absolute atomic E-state index is 13.9. The summed E-state index contributed by atoms with van der Waals surface area (Å²) in [6, 6.07) is 0. The normalized spacial score (nSPS) is 19.4. The second kappa shape index (κ2) is 11.0. The second-order valence-corrected chi connectivity index (χ2v) is 10.6. The fraction of sp³-hybridized carbons (Fsp3) is 0.750. The molecule has 0 saturated heterocycles. The van der Waals surface area contributed by atoms with Crippen molar-refractivity contribution in [1.82, 2.24) is 5.32 Å². The van der Waals surface area contributed by atoms with Crippen LogP contribution in [-0.2, 0) is 35.4 Å². The van der Waals surface area contributed by atoms with Gasteiger partial charge < -0.3 is 23.5 Å². The lowest BCUT2D eigenvalue weighted by Crippen LogP contribution is -2.32. The van der Waals surface area contributed by atoms with E-state index in [0.717, 1.165) is 29.2 Å². The Kier molecular flexibility index (Phi) is 9.29. The molecule has 1 aliphatic rings. The lowest BCUT2D eigenvalue weighted by Gasteiger charge is -2.34. The zero-order chi connectivity index (χ0) is 21.6. The van der Waals surface area contributed by atoms with Gasteiger partial charge in [-0.25, -0.2) is 0 Å². The summed E-state index contributed by atoms with van der Waals surface area (Å²) in [5.41, 5.74) is 0.948. The molecule has 2 atom stereocenters. The Hall–Kier alpha value is -0.790. The zero-order valence-electron chi connectivity index (χ0n) is 18.3. The van der Waals surface area contributed by atoms with E-state index in [2.05, 4.69) is 19.2 Å². The highest BCUT2D eigenvalue weighted by molar-refractivity contribution is 8.00. The molecule has 0 aromatic carbocycles. The number of carbonyl (C=O) groups is 1. The highest BCUT2D eigenvalue weighted by atomic mass is 32.2. The van der Waals surface area contributed by atoms with Crippen molar-refractivity contribution >= 4 is 25.3 Å². The van der Waals surface area contributed by atoms with E-state index in [1.54, 1.807) is 20.8 Å². The molecule has 9 heteroatoms. The SMILES string of the molecule is CCOC(=O)C1SCc2oc(C)c(CNCC(C)C)c2C1P(=O)(OCC)OCC.